The summed E-state index contributed by atoms with van der Waals surface area (Å²) in [6.45, 7) is 8.92. The molecule has 0 aromatic carbocycles. The van der Waals surface area contributed by atoms with Gasteiger partial charge < -0.3 is 4.98 Å². The molecule has 1 saturated carbocycles. The second-order valence-electron chi connectivity index (χ2n) is 8.16. The van der Waals surface area contributed by atoms with Crippen LogP contribution >= 0.6 is 0 Å². The molecule has 1 fully saturated rings. The third-order valence-electron chi connectivity index (χ3n) is 5.05. The molecule has 3 heterocycles. The van der Waals surface area contributed by atoms with Crippen molar-refractivity contribution in [3.63, 3.8) is 0 Å². The molecule has 0 radical (unpaired) electrons. The Labute approximate surface area is 146 Å². The molecule has 0 bridgehead atoms. The average Bonchev–Trinajstić information content (AvgIpc) is 3.27. The van der Waals surface area contributed by atoms with E-state index in [2.05, 4.69) is 37.7 Å². The number of aryl methyl sites for hydroxylation is 1. The minimum Gasteiger partial charge on any atom is -0.336 e. The van der Waals surface area contributed by atoms with Gasteiger partial charge in [-0.3, -0.25) is 9.36 Å². The van der Waals surface area contributed by atoms with E-state index in [0.717, 1.165) is 30.9 Å². The average molecular weight is 342 g/mol. The monoisotopic (exact) mass is 342 g/mol. The van der Waals surface area contributed by atoms with Crippen molar-refractivity contribution in [2.24, 2.45) is 0 Å². The first kappa shape index (κ1) is 16.3. The van der Waals surface area contributed by atoms with Gasteiger partial charge in [0.1, 0.15) is 5.82 Å². The third-order valence-corrected chi connectivity index (χ3v) is 5.05. The molecule has 25 heavy (non-hydrogen) atoms. The highest BCUT2D eigenvalue weighted by Crippen LogP contribution is 2.33. The van der Waals surface area contributed by atoms with Crippen molar-refractivity contribution in [1.82, 2.24) is 29.1 Å². The Kier molecular flexibility index (Phi) is 3.70. The fourth-order valence-corrected chi connectivity index (χ4v) is 3.67. The molecule has 0 aliphatic heterocycles. The molecular weight excluding hydrogens is 316 g/mol. The van der Waals surface area contributed by atoms with Gasteiger partial charge in [-0.15, -0.1) is 5.10 Å². The number of fused-ring (bicyclic) bond motifs is 3. The van der Waals surface area contributed by atoms with Crippen LogP contribution in [-0.4, -0.2) is 29.1 Å². The van der Waals surface area contributed by atoms with Gasteiger partial charge in [-0.05, 0) is 19.3 Å². The largest absolute Gasteiger partial charge is 0.336 e. The number of imidazole rings is 1. The van der Waals surface area contributed by atoms with Crippen LogP contribution in [0.2, 0.25) is 0 Å². The normalized spacial score (nSPS) is 16.5. The third kappa shape index (κ3) is 2.56. The fourth-order valence-electron chi connectivity index (χ4n) is 3.67. The lowest BCUT2D eigenvalue weighted by Gasteiger charge is -2.11. The van der Waals surface area contributed by atoms with E-state index in [0.29, 0.717) is 29.4 Å². The summed E-state index contributed by atoms with van der Waals surface area (Å²) in [5.41, 5.74) is 0.926. The lowest BCUT2D eigenvalue weighted by molar-refractivity contribution is 0.546. The number of H-pyrrole nitrogens is 1. The van der Waals surface area contributed by atoms with Crippen LogP contribution in [0.5, 0.6) is 0 Å². The number of hydrogen-bond acceptors (Lipinski definition) is 4. The van der Waals surface area contributed by atoms with Crippen molar-refractivity contribution in [2.75, 3.05) is 0 Å². The van der Waals surface area contributed by atoms with Gasteiger partial charge in [0.15, 0.2) is 17.0 Å². The Morgan fingerprint density at radius 1 is 1.20 bits per heavy atom. The summed E-state index contributed by atoms with van der Waals surface area (Å²) in [6, 6.07) is 0. The highest BCUT2D eigenvalue weighted by Gasteiger charge is 2.26. The second-order valence-corrected chi connectivity index (χ2v) is 8.16. The van der Waals surface area contributed by atoms with Gasteiger partial charge in [0.25, 0.3) is 5.56 Å². The summed E-state index contributed by atoms with van der Waals surface area (Å²) in [5.74, 6) is 2.67. The Bertz CT molecular complexity index is 981. The highest BCUT2D eigenvalue weighted by atomic mass is 16.1. The predicted octanol–water partition coefficient (Wildman–Crippen LogP) is 3.13. The molecule has 0 saturated heterocycles. The second kappa shape index (κ2) is 5.68. The number of rotatable bonds is 3. The Morgan fingerprint density at radius 2 is 1.92 bits per heavy atom. The van der Waals surface area contributed by atoms with Gasteiger partial charge in [-0.2, -0.15) is 9.50 Å². The van der Waals surface area contributed by atoms with Crippen LogP contribution in [0.4, 0.5) is 0 Å². The molecule has 0 spiro atoms. The number of nitrogens with zero attached hydrogens (tertiary/aromatic N) is 5. The molecule has 7 heteroatoms. The molecule has 0 amide bonds. The zero-order valence-electron chi connectivity index (χ0n) is 15.5. The minimum absolute atomic E-state index is 0.0473. The summed E-state index contributed by atoms with van der Waals surface area (Å²) in [7, 11) is 0. The van der Waals surface area contributed by atoms with Gasteiger partial charge in [0, 0.05) is 17.9 Å². The van der Waals surface area contributed by atoms with Gasteiger partial charge in [-0.25, -0.2) is 4.98 Å². The van der Waals surface area contributed by atoms with E-state index in [1.165, 1.54) is 12.8 Å². The first-order valence-electron chi connectivity index (χ1n) is 9.30. The van der Waals surface area contributed by atoms with E-state index in [1.807, 2.05) is 0 Å². The highest BCUT2D eigenvalue weighted by molar-refractivity contribution is 5.72. The molecule has 0 unspecified atom stereocenters. The number of hydrogen-bond donors (Lipinski definition) is 1. The van der Waals surface area contributed by atoms with Crippen LogP contribution in [-0.2, 0) is 12.0 Å². The summed E-state index contributed by atoms with van der Waals surface area (Å²) in [6.07, 6.45) is 5.60. The van der Waals surface area contributed by atoms with Crippen molar-refractivity contribution < 1.29 is 0 Å². The summed E-state index contributed by atoms with van der Waals surface area (Å²) >= 11 is 0. The van der Waals surface area contributed by atoms with Crippen molar-refractivity contribution in [3.05, 3.63) is 22.0 Å². The standard InChI is InChI=1S/C18H26N6O/c1-5-10-23-15(25)12-14(20-13(19-12)11-8-6-7-9-11)24-17(23)21-16(22-24)18(2,3)4/h11H,5-10H2,1-4H3,(H,19,20). The predicted molar refractivity (Wildman–Crippen MR) is 97.1 cm³/mol. The molecule has 7 nitrogen and oxygen atoms in total. The topological polar surface area (TPSA) is 80.9 Å². The first-order valence-corrected chi connectivity index (χ1v) is 9.30. The molecule has 3 aromatic rings. The number of aromatic nitrogens is 6. The van der Waals surface area contributed by atoms with Gasteiger partial charge >= 0.3 is 0 Å². The SMILES string of the molecule is CCCn1c(=O)c2[nH]c(C3CCCC3)nc2n2nc(C(C)(C)C)nc12. The Morgan fingerprint density at radius 3 is 2.56 bits per heavy atom. The van der Waals surface area contributed by atoms with Gasteiger partial charge in [0.2, 0.25) is 5.78 Å². The van der Waals surface area contributed by atoms with E-state index in [-0.39, 0.29) is 11.0 Å². The molecule has 134 valence electrons. The van der Waals surface area contributed by atoms with Crippen LogP contribution in [0.1, 0.15) is 77.4 Å². The molecule has 1 aliphatic carbocycles. The summed E-state index contributed by atoms with van der Waals surface area (Å²) < 4.78 is 3.48. The van der Waals surface area contributed by atoms with E-state index in [4.69, 9.17) is 10.1 Å². The number of aromatic amines is 1. The molecular formula is C18H26N6O. The van der Waals surface area contributed by atoms with Crippen LogP contribution in [0, 0.1) is 0 Å². The van der Waals surface area contributed by atoms with Gasteiger partial charge in [0.05, 0.1) is 0 Å². The molecule has 0 atom stereocenters. The first-order chi connectivity index (χ1) is 11.9. The van der Waals surface area contributed by atoms with Crippen LogP contribution in [0.25, 0.3) is 16.9 Å². The van der Waals surface area contributed by atoms with Crippen LogP contribution in [0.3, 0.4) is 0 Å². The minimum atomic E-state index is -0.184. The zero-order valence-corrected chi connectivity index (χ0v) is 15.5. The van der Waals surface area contributed by atoms with Crippen LogP contribution < -0.4 is 5.56 Å². The van der Waals surface area contributed by atoms with Crippen molar-refractivity contribution in [2.45, 2.75) is 77.7 Å². The van der Waals surface area contributed by atoms with E-state index in [9.17, 15) is 4.79 Å². The number of nitrogens with one attached hydrogen (secondary N) is 1. The molecule has 4 rings (SSSR count). The Balaban J connectivity index is 2.02. The van der Waals surface area contributed by atoms with Crippen molar-refractivity contribution in [1.29, 1.82) is 0 Å². The van der Waals surface area contributed by atoms with Crippen LogP contribution in [0.15, 0.2) is 4.79 Å². The molecule has 1 aliphatic rings. The lowest BCUT2D eigenvalue weighted by Crippen LogP contribution is -2.23. The smallest absolute Gasteiger partial charge is 0.281 e. The molecule has 3 aromatic heterocycles. The maximum Gasteiger partial charge on any atom is 0.281 e. The van der Waals surface area contributed by atoms with Gasteiger partial charge in [-0.1, -0.05) is 40.5 Å². The van der Waals surface area contributed by atoms with E-state index >= 15 is 0 Å². The maximum absolute atomic E-state index is 13.0. The van der Waals surface area contributed by atoms with E-state index in [1.54, 1.807) is 9.08 Å². The van der Waals surface area contributed by atoms with Crippen molar-refractivity contribution in [3.8, 4) is 0 Å². The quantitative estimate of drug-likeness (QED) is 0.793. The Hall–Kier alpha value is -2.18. The summed E-state index contributed by atoms with van der Waals surface area (Å²) in [5, 5.41) is 4.70. The zero-order chi connectivity index (χ0) is 17.8. The summed E-state index contributed by atoms with van der Waals surface area (Å²) in [4.78, 5) is 25.8. The lowest BCUT2D eigenvalue weighted by atomic mass is 9.96. The maximum atomic E-state index is 13.0. The molecule has 1 N–H and O–H groups in total. The van der Waals surface area contributed by atoms with E-state index < -0.39 is 0 Å². The fraction of sp³-hybridized carbons (Fsp3) is 0.667. The van der Waals surface area contributed by atoms with Crippen molar-refractivity contribution >= 4 is 16.9 Å².